The quantitative estimate of drug-likeness (QED) is 0.278. The molecule has 1 amide bonds. The van der Waals surface area contributed by atoms with Crippen LogP contribution in [0, 0.1) is 13.8 Å². The van der Waals surface area contributed by atoms with Gasteiger partial charge >= 0.3 is 0 Å². The molecule has 0 unspecified atom stereocenters. The summed E-state index contributed by atoms with van der Waals surface area (Å²) < 4.78 is 1.86. The first-order valence-corrected chi connectivity index (χ1v) is 11.3. The highest BCUT2D eigenvalue weighted by molar-refractivity contribution is 6.30. The first-order valence-electron chi connectivity index (χ1n) is 10.9. The van der Waals surface area contributed by atoms with Crippen molar-refractivity contribution in [2.75, 3.05) is 10.6 Å². The summed E-state index contributed by atoms with van der Waals surface area (Å²) >= 11 is 6.30. The van der Waals surface area contributed by atoms with E-state index in [1.54, 1.807) is 12.1 Å². The Labute approximate surface area is 207 Å². The molecule has 35 heavy (non-hydrogen) atoms. The van der Waals surface area contributed by atoms with Crippen molar-refractivity contribution in [3.63, 3.8) is 0 Å². The van der Waals surface area contributed by atoms with Gasteiger partial charge in [0.2, 0.25) is 0 Å². The number of aromatic amines is 1. The molecule has 174 valence electrons. The maximum Gasteiger partial charge on any atom is 0.256 e. The minimum atomic E-state index is -0.270. The molecule has 0 saturated carbocycles. The highest BCUT2D eigenvalue weighted by atomic mass is 35.5. The van der Waals surface area contributed by atoms with Gasteiger partial charge in [-0.3, -0.25) is 4.79 Å². The van der Waals surface area contributed by atoms with Crippen molar-refractivity contribution in [1.82, 2.24) is 25.2 Å². The highest BCUT2D eigenvalue weighted by Crippen LogP contribution is 2.29. The molecule has 8 nitrogen and oxygen atoms in total. The minimum Gasteiger partial charge on any atom is -0.340 e. The van der Waals surface area contributed by atoms with E-state index in [0.29, 0.717) is 16.4 Å². The summed E-state index contributed by atoms with van der Waals surface area (Å²) in [5.74, 6) is 0.873. The third kappa shape index (κ3) is 5.07. The number of amides is 1. The number of nitrogens with zero attached hydrogens (tertiary/aromatic N) is 4. The summed E-state index contributed by atoms with van der Waals surface area (Å²) in [5.41, 5.74) is 6.19. The Morgan fingerprint density at radius 3 is 2.40 bits per heavy atom. The van der Waals surface area contributed by atoms with Crippen molar-refractivity contribution >= 4 is 34.8 Å². The lowest BCUT2D eigenvalue weighted by molar-refractivity contribution is 0.102. The van der Waals surface area contributed by atoms with Gasteiger partial charge in [-0.05, 0) is 74.0 Å². The molecule has 3 aromatic carbocycles. The highest BCUT2D eigenvalue weighted by Gasteiger charge is 2.14. The van der Waals surface area contributed by atoms with Crippen molar-refractivity contribution in [2.24, 2.45) is 0 Å². The molecular formula is C26H22ClN7O. The molecule has 9 heteroatoms. The monoisotopic (exact) mass is 483 g/mol. The summed E-state index contributed by atoms with van der Waals surface area (Å²) in [7, 11) is 0. The molecule has 2 heterocycles. The van der Waals surface area contributed by atoms with E-state index >= 15 is 0 Å². The number of hydrogen-bond donors (Lipinski definition) is 3. The average molecular weight is 484 g/mol. The first-order chi connectivity index (χ1) is 16.9. The number of nitrogens with one attached hydrogen (secondary N) is 3. The summed E-state index contributed by atoms with van der Waals surface area (Å²) in [6.07, 6.45) is 1.44. The second kappa shape index (κ2) is 9.44. The normalized spacial score (nSPS) is 10.8. The molecular weight excluding hydrogens is 462 g/mol. The molecule has 2 aromatic heterocycles. The molecule has 0 spiro atoms. The van der Waals surface area contributed by atoms with Gasteiger partial charge in [-0.25, -0.2) is 4.68 Å². The molecule has 0 atom stereocenters. The van der Waals surface area contributed by atoms with E-state index in [1.807, 2.05) is 73.1 Å². The molecule has 0 aliphatic rings. The molecule has 0 aliphatic heterocycles. The summed E-state index contributed by atoms with van der Waals surface area (Å²) in [4.78, 5) is 12.4. The fourth-order valence-corrected chi connectivity index (χ4v) is 3.97. The Morgan fingerprint density at radius 1 is 0.943 bits per heavy atom. The maximum absolute atomic E-state index is 12.4. The number of carbonyl (C=O) groups excluding carboxylic acids is 1. The molecule has 0 aliphatic carbocycles. The number of aromatic nitrogens is 5. The lowest BCUT2D eigenvalue weighted by atomic mass is 10.1. The molecule has 5 aromatic rings. The zero-order valence-electron chi connectivity index (χ0n) is 19.1. The van der Waals surface area contributed by atoms with E-state index in [4.69, 9.17) is 16.7 Å². The minimum absolute atomic E-state index is 0.270. The van der Waals surface area contributed by atoms with Crippen LogP contribution in [-0.2, 0) is 0 Å². The molecule has 0 bridgehead atoms. The van der Waals surface area contributed by atoms with Crippen LogP contribution in [0.4, 0.5) is 17.3 Å². The number of aryl methyl sites for hydroxylation is 2. The van der Waals surface area contributed by atoms with Gasteiger partial charge < -0.3 is 10.6 Å². The van der Waals surface area contributed by atoms with Gasteiger partial charge in [0.05, 0.1) is 17.6 Å². The van der Waals surface area contributed by atoms with Crippen LogP contribution in [0.1, 0.15) is 21.5 Å². The molecule has 0 radical (unpaired) electrons. The molecule has 5 rings (SSSR count). The number of halogens is 1. The van der Waals surface area contributed by atoms with E-state index < -0.39 is 0 Å². The van der Waals surface area contributed by atoms with Crippen molar-refractivity contribution < 1.29 is 4.79 Å². The van der Waals surface area contributed by atoms with Crippen LogP contribution in [0.3, 0.4) is 0 Å². The number of anilines is 3. The van der Waals surface area contributed by atoms with Crippen molar-refractivity contribution in [2.45, 2.75) is 13.8 Å². The maximum atomic E-state index is 12.4. The third-order valence-corrected chi connectivity index (χ3v) is 5.62. The standard InChI is InChI=1S/C26H22ClN7O/c1-16-3-9-22(10-4-16)34-25(14-23(32-34)19-11-17(2)12-20(27)13-19)29-21-7-5-18(6-8-21)26(35)30-24-15-28-33-31-24/h3-15,29H,1-2H3,(H2,28,30,31,33,35). The number of benzene rings is 3. The number of hydrogen-bond acceptors (Lipinski definition) is 5. The zero-order valence-corrected chi connectivity index (χ0v) is 19.8. The molecule has 3 N–H and O–H groups in total. The largest absolute Gasteiger partial charge is 0.340 e. The first kappa shape index (κ1) is 22.4. The lowest BCUT2D eigenvalue weighted by Crippen LogP contribution is -2.12. The Balaban J connectivity index is 1.45. The van der Waals surface area contributed by atoms with Crippen molar-refractivity contribution in [3.8, 4) is 16.9 Å². The third-order valence-electron chi connectivity index (χ3n) is 5.40. The van der Waals surface area contributed by atoms with Gasteiger partial charge in [0, 0.05) is 27.9 Å². The Kier molecular flexibility index (Phi) is 6.03. The van der Waals surface area contributed by atoms with Gasteiger partial charge in [0.25, 0.3) is 5.91 Å². The Bertz CT molecular complexity index is 1450. The van der Waals surface area contributed by atoms with Crippen LogP contribution in [0.15, 0.2) is 79.0 Å². The predicted octanol–water partition coefficient (Wildman–Crippen LogP) is 5.92. The SMILES string of the molecule is Cc1ccc(-n2nc(-c3cc(C)cc(Cl)c3)cc2Nc2ccc(C(=O)Nc3cn[nH]n3)cc2)cc1. The fraction of sp³-hybridized carbons (Fsp3) is 0.0769. The molecule has 0 fully saturated rings. The average Bonchev–Trinajstić information content (AvgIpc) is 3.50. The second-order valence-corrected chi connectivity index (χ2v) is 8.63. The van der Waals surface area contributed by atoms with Crippen LogP contribution in [-0.4, -0.2) is 31.1 Å². The van der Waals surface area contributed by atoms with E-state index in [0.717, 1.165) is 34.0 Å². The topological polar surface area (TPSA) is 101 Å². The zero-order chi connectivity index (χ0) is 24.4. The number of carbonyl (C=O) groups is 1. The van der Waals surface area contributed by atoms with Crippen LogP contribution < -0.4 is 10.6 Å². The second-order valence-electron chi connectivity index (χ2n) is 8.19. The van der Waals surface area contributed by atoms with Gasteiger partial charge in [-0.15, -0.1) is 5.10 Å². The van der Waals surface area contributed by atoms with Crippen LogP contribution in [0.2, 0.25) is 5.02 Å². The van der Waals surface area contributed by atoms with E-state index in [-0.39, 0.29) is 5.91 Å². The van der Waals surface area contributed by atoms with Crippen LogP contribution >= 0.6 is 11.6 Å². The lowest BCUT2D eigenvalue weighted by Gasteiger charge is -2.10. The number of rotatable bonds is 6. The summed E-state index contributed by atoms with van der Waals surface area (Å²) in [5, 5.41) is 21.6. The van der Waals surface area contributed by atoms with Crippen LogP contribution in [0.5, 0.6) is 0 Å². The molecule has 0 saturated heterocycles. The Hall–Kier alpha value is -4.43. The van der Waals surface area contributed by atoms with Crippen molar-refractivity contribution in [1.29, 1.82) is 0 Å². The van der Waals surface area contributed by atoms with Gasteiger partial charge in [-0.1, -0.05) is 29.3 Å². The Morgan fingerprint density at radius 2 is 1.71 bits per heavy atom. The van der Waals surface area contributed by atoms with Crippen LogP contribution in [0.25, 0.3) is 16.9 Å². The fourth-order valence-electron chi connectivity index (χ4n) is 3.68. The van der Waals surface area contributed by atoms with E-state index in [1.165, 1.54) is 11.8 Å². The summed E-state index contributed by atoms with van der Waals surface area (Å²) in [6.45, 7) is 4.05. The van der Waals surface area contributed by atoms with E-state index in [9.17, 15) is 4.79 Å². The van der Waals surface area contributed by atoms with Crippen molar-refractivity contribution in [3.05, 3.63) is 101 Å². The smallest absolute Gasteiger partial charge is 0.256 e. The van der Waals surface area contributed by atoms with Gasteiger partial charge in [0.1, 0.15) is 5.82 Å². The van der Waals surface area contributed by atoms with E-state index in [2.05, 4.69) is 32.1 Å². The van der Waals surface area contributed by atoms with Gasteiger partial charge in [-0.2, -0.15) is 15.4 Å². The summed E-state index contributed by atoms with van der Waals surface area (Å²) in [6, 6.07) is 23.2. The van der Waals surface area contributed by atoms with Gasteiger partial charge in [0.15, 0.2) is 5.82 Å². The number of H-pyrrole nitrogens is 1. The predicted molar refractivity (Wildman–Crippen MR) is 138 cm³/mol.